The molecule has 1 aromatic carbocycles. The van der Waals surface area contributed by atoms with Crippen LogP contribution in [0.1, 0.15) is 19.8 Å². The number of nitriles is 1. The summed E-state index contributed by atoms with van der Waals surface area (Å²) in [6.07, 6.45) is 1.63. The summed E-state index contributed by atoms with van der Waals surface area (Å²) >= 11 is 0. The van der Waals surface area contributed by atoms with Crippen molar-refractivity contribution in [3.05, 3.63) is 24.3 Å². The molecule has 19 heavy (non-hydrogen) atoms. The van der Waals surface area contributed by atoms with E-state index < -0.39 is 0 Å². The molecule has 0 bridgehead atoms. The van der Waals surface area contributed by atoms with Gasteiger partial charge in [-0.05, 0) is 32.0 Å². The first kappa shape index (κ1) is 13.7. The smallest absolute Gasteiger partial charge is 0.142 e. The van der Waals surface area contributed by atoms with E-state index in [2.05, 4.69) is 22.4 Å². The fraction of sp³-hybridized carbons (Fsp3) is 0.533. The fourth-order valence-corrected chi connectivity index (χ4v) is 2.46. The molecule has 0 amide bonds. The molecule has 102 valence electrons. The first-order chi connectivity index (χ1) is 9.35. The first-order valence-electron chi connectivity index (χ1n) is 6.92. The molecular formula is C15H21N3O. The van der Waals surface area contributed by atoms with Gasteiger partial charge < -0.3 is 15.0 Å². The van der Waals surface area contributed by atoms with Crippen LogP contribution < -0.4 is 15.0 Å². The van der Waals surface area contributed by atoms with Crippen LogP contribution in [0.15, 0.2) is 24.3 Å². The third kappa shape index (κ3) is 3.62. The summed E-state index contributed by atoms with van der Waals surface area (Å²) in [5.74, 6) is 0.933. The van der Waals surface area contributed by atoms with Crippen LogP contribution in [0.4, 0.5) is 5.69 Å². The van der Waals surface area contributed by atoms with Gasteiger partial charge in [0.25, 0.3) is 0 Å². The number of para-hydroxylation sites is 2. The van der Waals surface area contributed by atoms with Crippen molar-refractivity contribution in [1.29, 1.82) is 5.26 Å². The molecule has 1 heterocycles. The van der Waals surface area contributed by atoms with Gasteiger partial charge in [-0.2, -0.15) is 5.26 Å². The second-order valence-electron chi connectivity index (χ2n) is 4.71. The molecule has 1 aliphatic rings. The number of nitrogens with zero attached hydrogens (tertiary/aromatic N) is 2. The second kappa shape index (κ2) is 7.01. The van der Waals surface area contributed by atoms with Gasteiger partial charge in [-0.1, -0.05) is 12.1 Å². The number of hydrogen-bond donors (Lipinski definition) is 1. The standard InChI is InChI=1S/C15H21N3O/c1-2-19-15-7-4-3-6-14(15)18-11-5-10-17-13(12-18)8-9-16/h3-4,6-7,13,17H,2,5,8,10-12H2,1H3. The highest BCUT2D eigenvalue weighted by molar-refractivity contribution is 5.58. The number of rotatable bonds is 4. The van der Waals surface area contributed by atoms with E-state index in [9.17, 15) is 0 Å². The largest absolute Gasteiger partial charge is 0.492 e. The van der Waals surface area contributed by atoms with Gasteiger partial charge in [0, 0.05) is 19.1 Å². The lowest BCUT2D eigenvalue weighted by Gasteiger charge is -2.27. The zero-order chi connectivity index (χ0) is 13.5. The highest BCUT2D eigenvalue weighted by atomic mass is 16.5. The van der Waals surface area contributed by atoms with E-state index in [1.807, 2.05) is 25.1 Å². The number of hydrogen-bond acceptors (Lipinski definition) is 4. The Morgan fingerprint density at radius 1 is 1.47 bits per heavy atom. The van der Waals surface area contributed by atoms with Crippen molar-refractivity contribution in [2.75, 3.05) is 31.1 Å². The zero-order valence-electron chi connectivity index (χ0n) is 11.4. The molecule has 1 unspecified atom stereocenters. The van der Waals surface area contributed by atoms with Gasteiger partial charge in [0.15, 0.2) is 0 Å². The monoisotopic (exact) mass is 259 g/mol. The first-order valence-corrected chi connectivity index (χ1v) is 6.92. The minimum atomic E-state index is 0.238. The molecule has 1 aliphatic heterocycles. The van der Waals surface area contributed by atoms with Crippen molar-refractivity contribution in [2.45, 2.75) is 25.8 Å². The second-order valence-corrected chi connectivity index (χ2v) is 4.71. The van der Waals surface area contributed by atoms with Crippen molar-refractivity contribution < 1.29 is 4.74 Å². The number of benzene rings is 1. The number of ether oxygens (including phenoxy) is 1. The lowest BCUT2D eigenvalue weighted by atomic mass is 10.2. The van der Waals surface area contributed by atoms with Gasteiger partial charge in [-0.3, -0.25) is 0 Å². The number of nitrogens with one attached hydrogen (secondary N) is 1. The Bertz CT molecular complexity index is 441. The Morgan fingerprint density at radius 3 is 3.11 bits per heavy atom. The quantitative estimate of drug-likeness (QED) is 0.900. The maximum atomic E-state index is 8.87. The maximum Gasteiger partial charge on any atom is 0.142 e. The molecule has 1 fully saturated rings. The molecule has 0 aliphatic carbocycles. The molecule has 0 saturated carbocycles. The fourth-order valence-electron chi connectivity index (χ4n) is 2.46. The minimum Gasteiger partial charge on any atom is -0.492 e. The van der Waals surface area contributed by atoms with Crippen LogP contribution in [-0.4, -0.2) is 32.3 Å². The van der Waals surface area contributed by atoms with E-state index in [1.165, 1.54) is 0 Å². The summed E-state index contributed by atoms with van der Waals surface area (Å²) in [5, 5.41) is 12.3. The minimum absolute atomic E-state index is 0.238. The summed E-state index contributed by atoms with van der Waals surface area (Å²) in [6.45, 7) is 5.50. The lowest BCUT2D eigenvalue weighted by molar-refractivity contribution is 0.340. The van der Waals surface area contributed by atoms with Gasteiger partial charge in [-0.15, -0.1) is 0 Å². The molecule has 4 nitrogen and oxygen atoms in total. The van der Waals surface area contributed by atoms with Gasteiger partial charge in [0.05, 0.1) is 24.8 Å². The highest BCUT2D eigenvalue weighted by Gasteiger charge is 2.19. The summed E-state index contributed by atoms with van der Waals surface area (Å²) in [4.78, 5) is 2.33. The molecule has 0 aromatic heterocycles. The topological polar surface area (TPSA) is 48.3 Å². The molecule has 2 rings (SSSR count). The van der Waals surface area contributed by atoms with Crippen molar-refractivity contribution in [2.24, 2.45) is 0 Å². The van der Waals surface area contributed by atoms with Crippen molar-refractivity contribution in [3.63, 3.8) is 0 Å². The van der Waals surface area contributed by atoms with Crippen molar-refractivity contribution in [1.82, 2.24) is 5.32 Å². The molecule has 1 aromatic rings. The van der Waals surface area contributed by atoms with Gasteiger partial charge >= 0.3 is 0 Å². The number of anilines is 1. The normalized spacial score (nSPS) is 19.6. The Balaban J connectivity index is 2.17. The third-order valence-electron chi connectivity index (χ3n) is 3.32. The average Bonchev–Trinajstić information content (AvgIpc) is 2.66. The van der Waals surface area contributed by atoms with Crippen LogP contribution in [0.3, 0.4) is 0 Å². The third-order valence-corrected chi connectivity index (χ3v) is 3.32. The van der Waals surface area contributed by atoms with Gasteiger partial charge in [-0.25, -0.2) is 0 Å². The average molecular weight is 259 g/mol. The predicted molar refractivity (Wildman–Crippen MR) is 76.5 cm³/mol. The Labute approximate surface area is 115 Å². The SMILES string of the molecule is CCOc1ccccc1N1CCCNC(CC#N)C1. The maximum absolute atomic E-state index is 8.87. The predicted octanol–water partition coefficient (Wildman–Crippen LogP) is 2.17. The molecule has 1 atom stereocenters. The molecular weight excluding hydrogens is 238 g/mol. The summed E-state index contributed by atoms with van der Waals surface area (Å²) in [6, 6.07) is 10.6. The van der Waals surface area contributed by atoms with Gasteiger partial charge in [0.2, 0.25) is 0 Å². The van der Waals surface area contributed by atoms with Crippen LogP contribution in [0.5, 0.6) is 5.75 Å². The van der Waals surface area contributed by atoms with Crippen LogP contribution >= 0.6 is 0 Å². The summed E-state index contributed by atoms with van der Waals surface area (Å²) < 4.78 is 5.70. The molecule has 0 radical (unpaired) electrons. The van der Waals surface area contributed by atoms with Crippen molar-refractivity contribution in [3.8, 4) is 11.8 Å². The molecule has 1 N–H and O–H groups in total. The van der Waals surface area contributed by atoms with E-state index >= 15 is 0 Å². The van der Waals surface area contributed by atoms with E-state index in [1.54, 1.807) is 0 Å². The summed E-state index contributed by atoms with van der Waals surface area (Å²) in [7, 11) is 0. The Hall–Kier alpha value is -1.73. The van der Waals surface area contributed by atoms with E-state index in [-0.39, 0.29) is 6.04 Å². The van der Waals surface area contributed by atoms with Crippen molar-refractivity contribution >= 4 is 5.69 Å². The lowest BCUT2D eigenvalue weighted by Crippen LogP contribution is -2.37. The molecule has 0 spiro atoms. The molecule has 4 heteroatoms. The Morgan fingerprint density at radius 2 is 2.32 bits per heavy atom. The molecule has 1 saturated heterocycles. The van der Waals surface area contributed by atoms with Crippen LogP contribution in [0.2, 0.25) is 0 Å². The highest BCUT2D eigenvalue weighted by Crippen LogP contribution is 2.29. The zero-order valence-corrected chi connectivity index (χ0v) is 11.4. The van der Waals surface area contributed by atoms with Crippen LogP contribution in [0, 0.1) is 11.3 Å². The van der Waals surface area contributed by atoms with Crippen LogP contribution in [0.25, 0.3) is 0 Å². The van der Waals surface area contributed by atoms with Gasteiger partial charge in [0.1, 0.15) is 5.75 Å². The van der Waals surface area contributed by atoms with E-state index in [4.69, 9.17) is 10.00 Å². The van der Waals surface area contributed by atoms with E-state index in [0.717, 1.165) is 37.5 Å². The summed E-state index contributed by atoms with van der Waals surface area (Å²) in [5.41, 5.74) is 1.14. The van der Waals surface area contributed by atoms with E-state index in [0.29, 0.717) is 13.0 Å². The Kier molecular flexibility index (Phi) is 5.05. The van der Waals surface area contributed by atoms with Crippen LogP contribution in [-0.2, 0) is 0 Å².